The summed E-state index contributed by atoms with van der Waals surface area (Å²) in [4.78, 5) is 10.2. The van der Waals surface area contributed by atoms with Gasteiger partial charge >= 0.3 is 29.6 Å². The van der Waals surface area contributed by atoms with Crippen LogP contribution >= 0.6 is 0 Å². The normalized spacial score (nSPS) is 11.9. The van der Waals surface area contributed by atoms with Crippen molar-refractivity contribution in [1.29, 1.82) is 0 Å². The van der Waals surface area contributed by atoms with Gasteiger partial charge in [0.25, 0.3) is 0 Å². The Bertz CT molecular complexity index is 388. The Morgan fingerprint density at radius 1 is 1.39 bits per heavy atom. The first-order valence-electron chi connectivity index (χ1n) is 5.02. The zero-order valence-corrected chi connectivity index (χ0v) is 12.1. The predicted octanol–water partition coefficient (Wildman–Crippen LogP) is -3.81. The number of hydrogen-bond donors (Lipinski definition) is 2. The average molecular weight is 260 g/mol. The molecule has 0 bridgehead atoms. The smallest absolute Gasteiger partial charge is 0.545 e. The minimum absolute atomic E-state index is 0. The molecule has 1 atom stereocenters. The molecule has 5 nitrogen and oxygen atoms in total. The van der Waals surface area contributed by atoms with Crippen LogP contribution in [-0.4, -0.2) is 35.5 Å². The van der Waals surface area contributed by atoms with Gasteiger partial charge in [0.2, 0.25) is 0 Å². The van der Waals surface area contributed by atoms with Crippen molar-refractivity contribution < 1.29 is 54.4 Å². The van der Waals surface area contributed by atoms with Crippen molar-refractivity contribution in [1.82, 2.24) is 0 Å². The van der Waals surface area contributed by atoms with Gasteiger partial charge in [-0.15, -0.1) is 0 Å². The Morgan fingerprint density at radius 3 is 2.50 bits per heavy atom. The molecule has 0 aliphatic heterocycles. The summed E-state index contributed by atoms with van der Waals surface area (Å²) >= 11 is 0. The first kappa shape index (κ1) is 17.2. The van der Waals surface area contributed by atoms with E-state index < -0.39 is 12.1 Å². The zero-order valence-electron chi connectivity index (χ0n) is 10.1. The predicted molar refractivity (Wildman–Crippen MR) is 59.1 cm³/mol. The van der Waals surface area contributed by atoms with Gasteiger partial charge in [-0.25, -0.2) is 0 Å². The fourth-order valence-corrected chi connectivity index (χ4v) is 1.08. The van der Waals surface area contributed by atoms with Gasteiger partial charge in [-0.2, -0.15) is 0 Å². The summed E-state index contributed by atoms with van der Waals surface area (Å²) < 4.78 is 5.18. The monoisotopic (exact) mass is 260 g/mol. The van der Waals surface area contributed by atoms with E-state index in [9.17, 15) is 9.90 Å². The second-order valence-electron chi connectivity index (χ2n) is 3.37. The van der Waals surface area contributed by atoms with Crippen LogP contribution < -0.4 is 39.4 Å². The first-order chi connectivity index (χ1) is 8.11. The van der Waals surface area contributed by atoms with Crippen molar-refractivity contribution in [3.8, 4) is 5.75 Å². The number of carboxylic acid groups (broad SMARTS) is 1. The van der Waals surface area contributed by atoms with Gasteiger partial charge in [0.15, 0.2) is 0 Å². The molecule has 6 heteroatoms. The van der Waals surface area contributed by atoms with Gasteiger partial charge in [-0.3, -0.25) is 0 Å². The molecule has 0 spiro atoms. The first-order valence-corrected chi connectivity index (χ1v) is 5.02. The molecule has 1 aromatic carbocycles. The minimum atomic E-state index is -1.25. The summed E-state index contributed by atoms with van der Waals surface area (Å²) in [6.45, 7) is -0.350. The van der Waals surface area contributed by atoms with Crippen LogP contribution in [0.2, 0.25) is 0 Å². The summed E-state index contributed by atoms with van der Waals surface area (Å²) in [7, 11) is 0. The van der Waals surface area contributed by atoms with Gasteiger partial charge in [0, 0.05) is 0 Å². The van der Waals surface area contributed by atoms with Crippen LogP contribution in [0.3, 0.4) is 0 Å². The van der Waals surface area contributed by atoms with Gasteiger partial charge in [0.05, 0.1) is 12.6 Å². The van der Waals surface area contributed by atoms with Crippen LogP contribution in [0.4, 0.5) is 0 Å². The standard InChI is InChI=1S/C12H14O5.Na/c13-7-10(14)8-17-11-4-1-9(2-5-11)3-6-12(15)16;/h1-6,10,13-14H,7-8H2,(H,15,16);/q;+1/p-1. The van der Waals surface area contributed by atoms with Gasteiger partial charge < -0.3 is 24.9 Å². The third-order valence-electron chi connectivity index (χ3n) is 1.95. The number of hydrogen-bond acceptors (Lipinski definition) is 5. The Balaban J connectivity index is 0.00000289. The van der Waals surface area contributed by atoms with Gasteiger partial charge in [-0.05, 0) is 23.8 Å². The summed E-state index contributed by atoms with van der Waals surface area (Å²) in [6.07, 6.45) is 1.43. The third kappa shape index (κ3) is 6.78. The summed E-state index contributed by atoms with van der Waals surface area (Å²) in [6, 6.07) is 6.61. The molecule has 0 saturated heterocycles. The molecule has 92 valence electrons. The van der Waals surface area contributed by atoms with E-state index >= 15 is 0 Å². The molecular formula is C12H13NaO5. The van der Waals surface area contributed by atoms with Crippen LogP contribution in [-0.2, 0) is 4.79 Å². The molecule has 1 rings (SSSR count). The summed E-state index contributed by atoms with van der Waals surface area (Å²) in [5.74, 6) is -0.723. The van der Waals surface area contributed by atoms with Crippen molar-refractivity contribution in [3.05, 3.63) is 35.9 Å². The van der Waals surface area contributed by atoms with E-state index in [-0.39, 0.29) is 42.8 Å². The second kappa shape index (κ2) is 9.13. The number of rotatable bonds is 6. The fraction of sp³-hybridized carbons (Fsp3) is 0.250. The zero-order chi connectivity index (χ0) is 12.7. The fourth-order valence-electron chi connectivity index (χ4n) is 1.08. The van der Waals surface area contributed by atoms with Crippen LogP contribution in [0.5, 0.6) is 5.75 Å². The van der Waals surface area contributed by atoms with Crippen molar-refractivity contribution in [3.63, 3.8) is 0 Å². The molecule has 1 unspecified atom stereocenters. The molecular weight excluding hydrogens is 247 g/mol. The number of carbonyl (C=O) groups excluding carboxylic acids is 1. The summed E-state index contributed by atoms with van der Waals surface area (Å²) in [5, 5.41) is 27.8. The van der Waals surface area contributed by atoms with E-state index in [2.05, 4.69) is 0 Å². The Morgan fingerprint density at radius 2 is 2.00 bits per heavy atom. The topological polar surface area (TPSA) is 89.8 Å². The largest absolute Gasteiger partial charge is 1.00 e. The van der Waals surface area contributed by atoms with E-state index in [1.165, 1.54) is 6.08 Å². The maximum atomic E-state index is 10.2. The Labute approximate surface area is 127 Å². The quantitative estimate of drug-likeness (QED) is 0.404. The van der Waals surface area contributed by atoms with E-state index in [0.717, 1.165) is 6.08 Å². The van der Waals surface area contributed by atoms with Gasteiger partial charge in [-0.1, -0.05) is 18.2 Å². The number of benzene rings is 1. The van der Waals surface area contributed by atoms with E-state index in [0.29, 0.717) is 11.3 Å². The molecule has 0 aliphatic carbocycles. The molecule has 0 aromatic heterocycles. The van der Waals surface area contributed by atoms with Crippen LogP contribution in [0, 0.1) is 0 Å². The maximum Gasteiger partial charge on any atom is 1.00 e. The van der Waals surface area contributed by atoms with Crippen molar-refractivity contribution in [2.24, 2.45) is 0 Å². The molecule has 0 aliphatic rings. The third-order valence-corrected chi connectivity index (χ3v) is 1.95. The minimum Gasteiger partial charge on any atom is -0.545 e. The van der Waals surface area contributed by atoms with Gasteiger partial charge in [0.1, 0.15) is 18.5 Å². The number of carbonyl (C=O) groups is 1. The maximum absolute atomic E-state index is 10.2. The number of aliphatic carboxylic acids is 1. The SMILES string of the molecule is O=C([O-])C=Cc1ccc(OCC(O)CO)cc1.[Na+]. The molecule has 1 aromatic rings. The number of aliphatic hydroxyl groups is 2. The number of aliphatic hydroxyl groups excluding tert-OH is 2. The molecule has 0 radical (unpaired) electrons. The van der Waals surface area contributed by atoms with Crippen LogP contribution in [0.15, 0.2) is 30.3 Å². The Kier molecular flexibility index (Phi) is 8.70. The molecule has 0 heterocycles. The van der Waals surface area contributed by atoms with Crippen molar-refractivity contribution >= 4 is 12.0 Å². The molecule has 0 amide bonds. The molecule has 0 fully saturated rings. The van der Waals surface area contributed by atoms with Crippen LogP contribution in [0.1, 0.15) is 5.56 Å². The second-order valence-corrected chi connectivity index (χ2v) is 3.37. The van der Waals surface area contributed by atoms with E-state index in [1.54, 1.807) is 24.3 Å². The van der Waals surface area contributed by atoms with E-state index in [1.807, 2.05) is 0 Å². The molecule has 2 N–H and O–H groups in total. The van der Waals surface area contributed by atoms with Crippen LogP contribution in [0.25, 0.3) is 6.08 Å². The van der Waals surface area contributed by atoms with Crippen molar-refractivity contribution in [2.75, 3.05) is 13.2 Å². The molecule has 18 heavy (non-hydrogen) atoms. The molecule has 0 saturated carbocycles. The van der Waals surface area contributed by atoms with E-state index in [4.69, 9.17) is 14.9 Å². The average Bonchev–Trinajstić information content (AvgIpc) is 2.34. The summed E-state index contributed by atoms with van der Waals surface area (Å²) in [5.41, 5.74) is 0.698. The van der Waals surface area contributed by atoms with Crippen molar-refractivity contribution in [2.45, 2.75) is 6.10 Å². The number of ether oxygens (including phenoxy) is 1. The Hall–Kier alpha value is -0.850. The number of carboxylic acids is 1.